The second-order valence-electron chi connectivity index (χ2n) is 4.55. The monoisotopic (exact) mass is 246 g/mol. The van der Waals surface area contributed by atoms with Crippen LogP contribution in [0, 0.1) is 0 Å². The van der Waals surface area contributed by atoms with Gasteiger partial charge < -0.3 is 15.0 Å². The van der Waals surface area contributed by atoms with Gasteiger partial charge in [-0.1, -0.05) is 31.1 Å². The van der Waals surface area contributed by atoms with Crippen LogP contribution in [0.4, 0.5) is 5.88 Å². The van der Waals surface area contributed by atoms with E-state index in [1.165, 1.54) is 5.56 Å². The van der Waals surface area contributed by atoms with Crippen LogP contribution in [0.5, 0.6) is 5.75 Å². The van der Waals surface area contributed by atoms with E-state index in [0.29, 0.717) is 24.8 Å². The first-order valence-electron chi connectivity index (χ1n) is 6.09. The molecule has 4 heteroatoms. The molecule has 2 aromatic rings. The molecule has 0 aliphatic rings. The number of benzene rings is 1. The van der Waals surface area contributed by atoms with E-state index in [9.17, 15) is 0 Å². The normalized spacial score (nSPS) is 10.8. The van der Waals surface area contributed by atoms with Crippen molar-refractivity contribution >= 4 is 5.88 Å². The van der Waals surface area contributed by atoms with Gasteiger partial charge in [0.1, 0.15) is 5.75 Å². The van der Waals surface area contributed by atoms with Crippen LogP contribution in [0.3, 0.4) is 0 Å². The van der Waals surface area contributed by atoms with Crippen molar-refractivity contribution in [3.63, 3.8) is 0 Å². The molecule has 1 aromatic heterocycles. The molecular weight excluding hydrogens is 228 g/mol. The zero-order valence-corrected chi connectivity index (χ0v) is 10.7. The molecule has 1 heterocycles. The Morgan fingerprint density at radius 3 is 2.83 bits per heavy atom. The van der Waals surface area contributed by atoms with Gasteiger partial charge >= 0.3 is 0 Å². The summed E-state index contributed by atoms with van der Waals surface area (Å²) in [6.45, 7) is 4.89. The van der Waals surface area contributed by atoms with Gasteiger partial charge in [-0.05, 0) is 23.6 Å². The third-order valence-electron chi connectivity index (χ3n) is 2.73. The molecule has 18 heavy (non-hydrogen) atoms. The summed E-state index contributed by atoms with van der Waals surface area (Å²) in [7, 11) is 0. The first-order valence-corrected chi connectivity index (χ1v) is 6.09. The van der Waals surface area contributed by atoms with Crippen molar-refractivity contribution in [1.82, 2.24) is 5.16 Å². The van der Waals surface area contributed by atoms with Crippen molar-refractivity contribution in [1.29, 1.82) is 0 Å². The van der Waals surface area contributed by atoms with Gasteiger partial charge in [0.05, 0.1) is 12.3 Å². The van der Waals surface area contributed by atoms with Gasteiger partial charge in [-0.15, -0.1) is 0 Å². The fourth-order valence-electron chi connectivity index (χ4n) is 1.68. The lowest BCUT2D eigenvalue weighted by molar-refractivity contribution is 0.316. The van der Waals surface area contributed by atoms with Crippen molar-refractivity contribution < 1.29 is 9.26 Å². The second-order valence-corrected chi connectivity index (χ2v) is 4.55. The van der Waals surface area contributed by atoms with Gasteiger partial charge in [-0.25, -0.2) is 0 Å². The molecule has 0 aliphatic carbocycles. The van der Waals surface area contributed by atoms with E-state index in [4.69, 9.17) is 15.0 Å². The minimum atomic E-state index is 0.340. The standard InChI is InChI=1S/C14H18N2O2/c1-10(2)11-4-3-5-13(8-11)17-7-6-12-9-14(15)18-16-12/h3-5,8-10H,6-7,15H2,1-2H3. The summed E-state index contributed by atoms with van der Waals surface area (Å²) in [4.78, 5) is 0. The first-order chi connectivity index (χ1) is 8.65. The maximum absolute atomic E-state index is 5.69. The number of aromatic nitrogens is 1. The average molecular weight is 246 g/mol. The molecule has 0 radical (unpaired) electrons. The number of nitrogens with two attached hydrogens (primary N) is 1. The van der Waals surface area contributed by atoms with Crippen LogP contribution in [-0.4, -0.2) is 11.8 Å². The Morgan fingerprint density at radius 2 is 2.17 bits per heavy atom. The lowest BCUT2D eigenvalue weighted by atomic mass is 10.0. The molecule has 4 nitrogen and oxygen atoms in total. The predicted molar refractivity (Wildman–Crippen MR) is 70.6 cm³/mol. The molecule has 2 N–H and O–H groups in total. The van der Waals surface area contributed by atoms with Crippen LogP contribution in [0.2, 0.25) is 0 Å². The van der Waals surface area contributed by atoms with Gasteiger partial charge in [-0.2, -0.15) is 0 Å². The van der Waals surface area contributed by atoms with E-state index in [1.54, 1.807) is 6.07 Å². The quantitative estimate of drug-likeness (QED) is 0.881. The van der Waals surface area contributed by atoms with Gasteiger partial charge in [0.15, 0.2) is 0 Å². The molecule has 0 spiro atoms. The van der Waals surface area contributed by atoms with Crippen molar-refractivity contribution in [2.75, 3.05) is 12.3 Å². The number of rotatable bonds is 5. The Morgan fingerprint density at radius 1 is 1.33 bits per heavy atom. The van der Waals surface area contributed by atoms with Crippen LogP contribution in [0.1, 0.15) is 31.0 Å². The Labute approximate surface area is 107 Å². The number of anilines is 1. The largest absolute Gasteiger partial charge is 0.493 e. The lowest BCUT2D eigenvalue weighted by Crippen LogP contribution is -2.02. The Bertz CT molecular complexity index is 506. The first kappa shape index (κ1) is 12.5. The molecule has 0 aliphatic heterocycles. The SMILES string of the molecule is CC(C)c1cccc(OCCc2cc(N)on2)c1. The maximum atomic E-state index is 5.69. The highest BCUT2D eigenvalue weighted by molar-refractivity contribution is 5.30. The van der Waals surface area contributed by atoms with Gasteiger partial charge in [0, 0.05) is 12.5 Å². The van der Waals surface area contributed by atoms with E-state index in [-0.39, 0.29) is 0 Å². The molecule has 1 aromatic carbocycles. The molecule has 0 atom stereocenters. The van der Waals surface area contributed by atoms with Crippen molar-refractivity contribution in [2.24, 2.45) is 0 Å². The second kappa shape index (κ2) is 5.58. The number of ether oxygens (including phenoxy) is 1. The van der Waals surface area contributed by atoms with Crippen molar-refractivity contribution in [2.45, 2.75) is 26.2 Å². The van der Waals surface area contributed by atoms with Crippen LogP contribution in [-0.2, 0) is 6.42 Å². The smallest absolute Gasteiger partial charge is 0.222 e. The van der Waals surface area contributed by atoms with Crippen LogP contribution in [0.25, 0.3) is 0 Å². The van der Waals surface area contributed by atoms with Crippen molar-refractivity contribution in [3.05, 3.63) is 41.6 Å². The third-order valence-corrected chi connectivity index (χ3v) is 2.73. The van der Waals surface area contributed by atoms with E-state index in [2.05, 4.69) is 31.1 Å². The van der Waals surface area contributed by atoms with Gasteiger partial charge in [0.25, 0.3) is 0 Å². The Kier molecular flexibility index (Phi) is 3.87. The summed E-state index contributed by atoms with van der Waals surface area (Å²) in [6.07, 6.45) is 0.687. The van der Waals surface area contributed by atoms with E-state index < -0.39 is 0 Å². The molecule has 0 unspecified atom stereocenters. The molecule has 2 rings (SSSR count). The molecule has 0 saturated carbocycles. The van der Waals surface area contributed by atoms with Crippen LogP contribution in [0.15, 0.2) is 34.9 Å². The summed E-state index contributed by atoms with van der Waals surface area (Å²) in [6, 6.07) is 9.87. The fraction of sp³-hybridized carbons (Fsp3) is 0.357. The Hall–Kier alpha value is -1.97. The van der Waals surface area contributed by atoms with Gasteiger partial charge in [-0.3, -0.25) is 0 Å². The fourth-order valence-corrected chi connectivity index (χ4v) is 1.68. The van der Waals surface area contributed by atoms with E-state index in [1.807, 2.05) is 12.1 Å². The topological polar surface area (TPSA) is 61.3 Å². The highest BCUT2D eigenvalue weighted by Crippen LogP contribution is 2.20. The summed E-state index contributed by atoms with van der Waals surface area (Å²) in [5.74, 6) is 1.73. The van der Waals surface area contributed by atoms with Gasteiger partial charge in [0.2, 0.25) is 5.88 Å². The zero-order valence-electron chi connectivity index (χ0n) is 10.7. The summed E-state index contributed by atoms with van der Waals surface area (Å²) >= 11 is 0. The predicted octanol–water partition coefficient (Wildman–Crippen LogP) is 3.00. The van der Waals surface area contributed by atoms with Crippen LogP contribution >= 0.6 is 0 Å². The highest BCUT2D eigenvalue weighted by atomic mass is 16.5. The number of hydrogen-bond donors (Lipinski definition) is 1. The Balaban J connectivity index is 1.88. The summed E-state index contributed by atoms with van der Waals surface area (Å²) in [5.41, 5.74) is 7.53. The maximum Gasteiger partial charge on any atom is 0.222 e. The molecule has 96 valence electrons. The van der Waals surface area contributed by atoms with E-state index in [0.717, 1.165) is 11.4 Å². The minimum Gasteiger partial charge on any atom is -0.493 e. The highest BCUT2D eigenvalue weighted by Gasteiger charge is 2.03. The molecule has 0 saturated heterocycles. The summed E-state index contributed by atoms with van der Waals surface area (Å²) in [5, 5.41) is 3.81. The average Bonchev–Trinajstić information content (AvgIpc) is 2.75. The molecule has 0 amide bonds. The van der Waals surface area contributed by atoms with E-state index >= 15 is 0 Å². The molecular formula is C14H18N2O2. The minimum absolute atomic E-state index is 0.340. The number of nitrogen functional groups attached to an aromatic ring is 1. The lowest BCUT2D eigenvalue weighted by Gasteiger charge is -2.09. The number of nitrogens with zero attached hydrogens (tertiary/aromatic N) is 1. The number of hydrogen-bond acceptors (Lipinski definition) is 4. The summed E-state index contributed by atoms with van der Waals surface area (Å²) < 4.78 is 10.5. The third kappa shape index (κ3) is 3.26. The molecule has 0 fully saturated rings. The van der Waals surface area contributed by atoms with Crippen molar-refractivity contribution in [3.8, 4) is 5.75 Å². The van der Waals surface area contributed by atoms with Crippen LogP contribution < -0.4 is 10.5 Å². The zero-order chi connectivity index (χ0) is 13.0. The molecule has 0 bridgehead atoms.